The molecule has 2 aromatic rings. The quantitative estimate of drug-likeness (QED) is 0.186. The molecule has 40 heavy (non-hydrogen) atoms. The summed E-state index contributed by atoms with van der Waals surface area (Å²) >= 11 is 0. The third kappa shape index (κ3) is 2.80. The van der Waals surface area contributed by atoms with Crippen LogP contribution in [0.15, 0.2) is 41.7 Å². The summed E-state index contributed by atoms with van der Waals surface area (Å²) in [6, 6.07) is 3.44. The molecule has 2 aliphatic heterocycles. The molecular formula is C30H20NO9. The first-order valence-corrected chi connectivity index (χ1v) is 12.1. The number of hydrogen-bond donors (Lipinski definition) is 5. The van der Waals surface area contributed by atoms with Crippen LogP contribution < -0.4 is 5.32 Å². The number of aromatic hydroxyl groups is 3. The fraction of sp³-hybridized carbons (Fsp3) is 0.200. The van der Waals surface area contributed by atoms with Crippen LogP contribution in [-0.4, -0.2) is 50.7 Å². The van der Waals surface area contributed by atoms with Gasteiger partial charge in [-0.3, -0.25) is 9.59 Å². The fourth-order valence-electron chi connectivity index (χ4n) is 6.33. The number of ether oxygens (including phenoxy) is 2. The SMILES string of the molecule is C#C/C=C\C#CC1C(OC)=C(C(=O)O)[C@H](C)[C@]23[CH]Nc4c(cc(O)c5c4C(=O)c4c(O)ccc(O)c4C5=O)[C@]12O3. The fourth-order valence-corrected chi connectivity index (χ4v) is 6.33. The normalized spacial score (nSPS) is 27.1. The van der Waals surface area contributed by atoms with E-state index in [-0.39, 0.29) is 33.7 Å². The van der Waals surface area contributed by atoms with Crippen molar-refractivity contribution in [1.29, 1.82) is 0 Å². The lowest BCUT2D eigenvalue weighted by molar-refractivity contribution is -0.134. The molecule has 2 heterocycles. The van der Waals surface area contributed by atoms with Gasteiger partial charge in [0.25, 0.3) is 0 Å². The number of ketones is 2. The Morgan fingerprint density at radius 1 is 1.07 bits per heavy atom. The van der Waals surface area contributed by atoms with Crippen molar-refractivity contribution in [2.45, 2.75) is 18.1 Å². The van der Waals surface area contributed by atoms with E-state index in [9.17, 15) is 34.8 Å². The van der Waals surface area contributed by atoms with Gasteiger partial charge >= 0.3 is 5.97 Å². The van der Waals surface area contributed by atoms with Gasteiger partial charge in [-0.25, -0.2) is 4.79 Å². The van der Waals surface area contributed by atoms with Crippen molar-refractivity contribution in [1.82, 2.24) is 0 Å². The smallest absolute Gasteiger partial charge is 0.335 e. The molecular weight excluding hydrogens is 518 g/mol. The zero-order valence-electron chi connectivity index (χ0n) is 21.0. The molecule has 10 nitrogen and oxygen atoms in total. The molecule has 1 radical (unpaired) electrons. The molecule has 6 rings (SSSR count). The molecule has 0 spiro atoms. The molecule has 0 aromatic heterocycles. The summed E-state index contributed by atoms with van der Waals surface area (Å²) in [5, 5.41) is 45.0. The van der Waals surface area contributed by atoms with E-state index in [2.05, 4.69) is 23.1 Å². The summed E-state index contributed by atoms with van der Waals surface area (Å²) in [6.07, 6.45) is 8.03. The lowest BCUT2D eigenvalue weighted by atomic mass is 9.62. The van der Waals surface area contributed by atoms with E-state index in [4.69, 9.17) is 15.9 Å². The first-order valence-electron chi connectivity index (χ1n) is 12.1. The number of anilines is 1. The largest absolute Gasteiger partial charge is 0.507 e. The van der Waals surface area contributed by atoms with Gasteiger partial charge < -0.3 is 35.2 Å². The number of rotatable bonds is 2. The van der Waals surface area contributed by atoms with Gasteiger partial charge in [0.15, 0.2) is 0 Å². The topological polar surface area (TPSA) is 166 Å². The summed E-state index contributed by atoms with van der Waals surface area (Å²) < 4.78 is 12.0. The molecule has 2 aromatic carbocycles. The van der Waals surface area contributed by atoms with Crippen molar-refractivity contribution < 1.29 is 44.3 Å². The van der Waals surface area contributed by atoms with Crippen LogP contribution in [0.3, 0.4) is 0 Å². The van der Waals surface area contributed by atoms with Gasteiger partial charge in [0.1, 0.15) is 40.1 Å². The number of phenols is 3. The molecule has 0 amide bonds. The van der Waals surface area contributed by atoms with Crippen molar-refractivity contribution in [3.63, 3.8) is 0 Å². The Morgan fingerprint density at radius 2 is 1.70 bits per heavy atom. The minimum atomic E-state index is -1.43. The van der Waals surface area contributed by atoms with E-state index in [1.54, 1.807) is 6.92 Å². The van der Waals surface area contributed by atoms with Crippen LogP contribution in [0, 0.1) is 42.6 Å². The molecule has 5 N–H and O–H groups in total. The Balaban J connectivity index is 1.65. The zero-order valence-corrected chi connectivity index (χ0v) is 21.0. The van der Waals surface area contributed by atoms with Gasteiger partial charge in [-0.2, -0.15) is 0 Å². The number of carbonyl (C=O) groups excluding carboxylic acids is 2. The number of aliphatic carboxylic acids is 1. The van der Waals surface area contributed by atoms with Gasteiger partial charge in [-0.1, -0.05) is 24.7 Å². The maximum absolute atomic E-state index is 13.8. The van der Waals surface area contributed by atoms with E-state index in [1.807, 2.05) is 0 Å². The second kappa shape index (κ2) is 8.15. The third-order valence-corrected chi connectivity index (χ3v) is 8.03. The van der Waals surface area contributed by atoms with Crippen molar-refractivity contribution in [3.05, 3.63) is 76.0 Å². The number of hydrogen-bond acceptors (Lipinski definition) is 9. The highest BCUT2D eigenvalue weighted by molar-refractivity contribution is 6.33. The van der Waals surface area contributed by atoms with Gasteiger partial charge in [-0.15, -0.1) is 6.42 Å². The highest BCUT2D eigenvalue weighted by Crippen LogP contribution is 2.73. The van der Waals surface area contributed by atoms with Crippen LogP contribution >= 0.6 is 0 Å². The number of carboxylic acid groups (broad SMARTS) is 1. The maximum Gasteiger partial charge on any atom is 0.335 e. The number of allylic oxidation sites excluding steroid dienone is 2. The molecule has 10 heteroatoms. The molecule has 1 unspecified atom stereocenters. The third-order valence-electron chi connectivity index (χ3n) is 8.03. The zero-order chi connectivity index (χ0) is 28.7. The first-order chi connectivity index (χ1) is 19.1. The minimum Gasteiger partial charge on any atom is -0.507 e. The molecule has 0 bridgehead atoms. The van der Waals surface area contributed by atoms with Gasteiger partial charge in [0.05, 0.1) is 47.2 Å². The average molecular weight is 538 g/mol. The molecule has 1 fully saturated rings. The number of epoxide rings is 1. The Bertz CT molecular complexity index is 1770. The number of terminal acetylenes is 1. The predicted molar refractivity (Wildman–Crippen MR) is 138 cm³/mol. The predicted octanol–water partition coefficient (Wildman–Crippen LogP) is 2.57. The standard InChI is InChI=1S/C30H20NO9/c1-4-5-6-7-8-14-27(39-3)19(28(37)38)13(2)29-12-31-24-15(30(14,29)40-29)11-18(34)22-23(24)26(36)21-17(33)10-9-16(32)20(21)25(22)35/h1,5-6,9-14,31-34H,2-3H3,(H,37,38)/b6-5-/t13-,14?,29+,30+/m0/s1. The van der Waals surface area contributed by atoms with E-state index < -0.39 is 68.9 Å². The summed E-state index contributed by atoms with van der Waals surface area (Å²) in [5.74, 6) is 1.80. The number of phenolic OH excluding ortho intramolecular Hbond substituents is 3. The maximum atomic E-state index is 13.8. The summed E-state index contributed by atoms with van der Waals surface area (Å²) in [4.78, 5) is 39.6. The van der Waals surface area contributed by atoms with Crippen molar-refractivity contribution in [2.75, 3.05) is 12.4 Å². The number of carboxylic acids is 1. The lowest BCUT2D eigenvalue weighted by Crippen LogP contribution is -2.48. The van der Waals surface area contributed by atoms with Gasteiger partial charge in [0, 0.05) is 11.5 Å². The van der Waals surface area contributed by atoms with Crippen LogP contribution in [-0.2, 0) is 19.9 Å². The Labute approximate surface area is 227 Å². The number of benzene rings is 2. The van der Waals surface area contributed by atoms with Crippen molar-refractivity contribution >= 4 is 23.2 Å². The van der Waals surface area contributed by atoms with E-state index in [0.29, 0.717) is 0 Å². The van der Waals surface area contributed by atoms with Gasteiger partial charge in [0.2, 0.25) is 11.6 Å². The average Bonchev–Trinajstić information content (AvgIpc) is 3.63. The number of nitrogens with one attached hydrogen (secondary N) is 1. The monoisotopic (exact) mass is 538 g/mol. The molecule has 1 saturated heterocycles. The second-order valence-corrected chi connectivity index (χ2v) is 9.73. The van der Waals surface area contributed by atoms with E-state index >= 15 is 0 Å². The van der Waals surface area contributed by atoms with Crippen molar-refractivity contribution in [2.24, 2.45) is 11.8 Å². The van der Waals surface area contributed by atoms with Crippen LogP contribution in [0.4, 0.5) is 5.69 Å². The van der Waals surface area contributed by atoms with Crippen LogP contribution in [0.25, 0.3) is 0 Å². The Hall–Kier alpha value is -5.19. The highest BCUT2D eigenvalue weighted by atomic mass is 16.6. The number of carbonyl (C=O) groups is 3. The summed E-state index contributed by atoms with van der Waals surface area (Å²) in [5.41, 5.74) is -3.83. The van der Waals surface area contributed by atoms with Crippen LogP contribution in [0.2, 0.25) is 0 Å². The Kier molecular flexibility index (Phi) is 5.12. The van der Waals surface area contributed by atoms with Crippen molar-refractivity contribution in [3.8, 4) is 41.4 Å². The van der Waals surface area contributed by atoms with Crippen LogP contribution in [0.1, 0.15) is 44.3 Å². The second-order valence-electron chi connectivity index (χ2n) is 9.73. The van der Waals surface area contributed by atoms with Gasteiger partial charge in [-0.05, 0) is 30.4 Å². The molecule has 199 valence electrons. The molecule has 4 atom stereocenters. The highest BCUT2D eigenvalue weighted by Gasteiger charge is 2.82. The lowest BCUT2D eigenvalue weighted by Gasteiger charge is -2.40. The minimum absolute atomic E-state index is 0.0310. The van der Waals surface area contributed by atoms with E-state index in [0.717, 1.165) is 12.1 Å². The summed E-state index contributed by atoms with van der Waals surface area (Å²) in [6.45, 7) is 3.16. The first kappa shape index (κ1) is 25.1. The molecule has 0 saturated carbocycles. The molecule has 4 aliphatic rings. The Morgan fingerprint density at radius 3 is 2.30 bits per heavy atom. The summed E-state index contributed by atoms with van der Waals surface area (Å²) in [7, 11) is 1.31. The number of fused-ring (bicyclic) bond motifs is 4. The van der Waals surface area contributed by atoms with E-state index in [1.165, 1.54) is 31.9 Å². The molecule has 2 aliphatic carbocycles. The van der Waals surface area contributed by atoms with Crippen LogP contribution in [0.5, 0.6) is 17.2 Å². The number of methoxy groups -OCH3 is 1.